The van der Waals surface area contributed by atoms with Crippen LogP contribution in [0.4, 0.5) is 11.4 Å². The lowest BCUT2D eigenvalue weighted by Crippen LogP contribution is -2.13. The molecule has 0 aliphatic heterocycles. The molecule has 31 heavy (non-hydrogen) atoms. The molecule has 0 atom stereocenters. The van der Waals surface area contributed by atoms with E-state index < -0.39 is 4.92 Å². The van der Waals surface area contributed by atoms with E-state index >= 15 is 0 Å². The summed E-state index contributed by atoms with van der Waals surface area (Å²) in [7, 11) is 1.60. The van der Waals surface area contributed by atoms with E-state index in [1.807, 2.05) is 48.5 Å². The topological polar surface area (TPSA) is 94.4 Å². The van der Waals surface area contributed by atoms with Crippen LogP contribution in [0.2, 0.25) is 0 Å². The molecule has 0 saturated carbocycles. The highest BCUT2D eigenvalue weighted by molar-refractivity contribution is 6.13. The molecule has 0 saturated heterocycles. The number of nitro benzene ring substituents is 1. The standard InChI is InChI=1S/C24H19N3O4/c1-15-7-10-17(13-23(15)27(29)30)25-24(28)20-14-22(16-8-11-18(31-2)12-9-16)26-21-6-4-3-5-19(20)21/h3-14H,1-2H3,(H,25,28). The fourth-order valence-corrected chi connectivity index (χ4v) is 3.36. The number of carbonyl (C=O) groups is 1. The van der Waals surface area contributed by atoms with E-state index in [1.165, 1.54) is 6.07 Å². The molecule has 3 aromatic carbocycles. The van der Waals surface area contributed by atoms with Gasteiger partial charge in [0.05, 0.1) is 28.8 Å². The highest BCUT2D eigenvalue weighted by Crippen LogP contribution is 2.28. The van der Waals surface area contributed by atoms with Crippen molar-refractivity contribution in [2.45, 2.75) is 6.92 Å². The number of para-hydroxylation sites is 1. The minimum Gasteiger partial charge on any atom is -0.497 e. The van der Waals surface area contributed by atoms with Crippen molar-refractivity contribution in [2.75, 3.05) is 12.4 Å². The molecule has 0 fully saturated rings. The van der Waals surface area contributed by atoms with Crippen molar-refractivity contribution in [3.05, 3.63) is 94.0 Å². The van der Waals surface area contributed by atoms with Crippen LogP contribution in [0.3, 0.4) is 0 Å². The highest BCUT2D eigenvalue weighted by atomic mass is 16.6. The van der Waals surface area contributed by atoms with Crippen molar-refractivity contribution in [3.8, 4) is 17.0 Å². The number of nitro groups is 1. The first-order valence-corrected chi connectivity index (χ1v) is 9.57. The summed E-state index contributed by atoms with van der Waals surface area (Å²) in [6, 6.07) is 21.1. The van der Waals surface area contributed by atoms with Gasteiger partial charge in [0, 0.05) is 28.3 Å². The van der Waals surface area contributed by atoms with Crippen LogP contribution in [-0.4, -0.2) is 22.9 Å². The number of anilines is 1. The van der Waals surface area contributed by atoms with Crippen LogP contribution in [0.5, 0.6) is 5.75 Å². The molecule has 1 amide bonds. The summed E-state index contributed by atoms with van der Waals surface area (Å²) < 4.78 is 5.21. The van der Waals surface area contributed by atoms with E-state index in [4.69, 9.17) is 4.74 Å². The molecule has 1 N–H and O–H groups in total. The minimum absolute atomic E-state index is 0.0451. The number of benzene rings is 3. The van der Waals surface area contributed by atoms with Crippen LogP contribution in [0.15, 0.2) is 72.8 Å². The van der Waals surface area contributed by atoms with Gasteiger partial charge in [-0.05, 0) is 49.4 Å². The van der Waals surface area contributed by atoms with E-state index in [9.17, 15) is 14.9 Å². The zero-order valence-corrected chi connectivity index (χ0v) is 17.0. The molecule has 4 aromatic rings. The largest absolute Gasteiger partial charge is 0.497 e. The molecule has 1 aromatic heterocycles. The Hall–Kier alpha value is -4.26. The number of carbonyl (C=O) groups excluding carboxylic acids is 1. The zero-order chi connectivity index (χ0) is 22.0. The van der Waals surface area contributed by atoms with Gasteiger partial charge in [-0.15, -0.1) is 0 Å². The second kappa shape index (κ2) is 8.23. The molecule has 7 nitrogen and oxygen atoms in total. The Kier molecular flexibility index (Phi) is 5.32. The van der Waals surface area contributed by atoms with Gasteiger partial charge in [0.1, 0.15) is 5.75 Å². The monoisotopic (exact) mass is 413 g/mol. The molecule has 0 radical (unpaired) electrons. The Morgan fingerprint density at radius 1 is 1.03 bits per heavy atom. The molecule has 0 unspecified atom stereocenters. The summed E-state index contributed by atoms with van der Waals surface area (Å²) in [6.45, 7) is 1.65. The number of amides is 1. The van der Waals surface area contributed by atoms with Gasteiger partial charge < -0.3 is 10.1 Å². The maximum absolute atomic E-state index is 13.1. The fraction of sp³-hybridized carbons (Fsp3) is 0.0833. The number of methoxy groups -OCH3 is 1. The quantitative estimate of drug-likeness (QED) is 0.350. The Labute approximate surface area is 178 Å². The summed E-state index contributed by atoms with van der Waals surface area (Å²) in [5.74, 6) is 0.356. The number of aromatic nitrogens is 1. The van der Waals surface area contributed by atoms with Gasteiger partial charge in [0.2, 0.25) is 0 Å². The van der Waals surface area contributed by atoms with E-state index in [0.29, 0.717) is 33.4 Å². The minimum atomic E-state index is -0.464. The van der Waals surface area contributed by atoms with Crippen molar-refractivity contribution in [1.82, 2.24) is 4.98 Å². The number of pyridine rings is 1. The number of nitrogens with zero attached hydrogens (tertiary/aromatic N) is 2. The van der Waals surface area contributed by atoms with E-state index in [1.54, 1.807) is 32.2 Å². The summed E-state index contributed by atoms with van der Waals surface area (Å²) in [6.07, 6.45) is 0. The highest BCUT2D eigenvalue weighted by Gasteiger charge is 2.17. The first-order chi connectivity index (χ1) is 15.0. The van der Waals surface area contributed by atoms with E-state index in [-0.39, 0.29) is 11.6 Å². The van der Waals surface area contributed by atoms with Crippen molar-refractivity contribution < 1.29 is 14.5 Å². The summed E-state index contributed by atoms with van der Waals surface area (Å²) >= 11 is 0. The number of hydrogen-bond donors (Lipinski definition) is 1. The first-order valence-electron chi connectivity index (χ1n) is 9.57. The number of nitrogens with one attached hydrogen (secondary N) is 1. The Morgan fingerprint density at radius 3 is 2.48 bits per heavy atom. The molecule has 154 valence electrons. The number of rotatable bonds is 5. The summed E-state index contributed by atoms with van der Waals surface area (Å²) in [4.78, 5) is 28.6. The number of aryl methyl sites for hydroxylation is 1. The predicted octanol–water partition coefficient (Wildman–Crippen LogP) is 5.38. The third-order valence-electron chi connectivity index (χ3n) is 5.01. The summed E-state index contributed by atoms with van der Waals surface area (Å²) in [5.41, 5.74) is 3.42. The molecule has 7 heteroatoms. The zero-order valence-electron chi connectivity index (χ0n) is 17.0. The number of hydrogen-bond acceptors (Lipinski definition) is 5. The molecule has 0 bridgehead atoms. The molecule has 0 aliphatic rings. The molecular formula is C24H19N3O4. The third-order valence-corrected chi connectivity index (χ3v) is 5.01. The average Bonchev–Trinajstić information content (AvgIpc) is 2.79. The SMILES string of the molecule is COc1ccc(-c2cc(C(=O)Nc3ccc(C)c([N+](=O)[O-])c3)c3ccccc3n2)cc1. The molecule has 4 rings (SSSR count). The number of fused-ring (bicyclic) bond motifs is 1. The Balaban J connectivity index is 1.76. The normalized spacial score (nSPS) is 10.6. The fourth-order valence-electron chi connectivity index (χ4n) is 3.36. The van der Waals surface area contributed by atoms with Crippen molar-refractivity contribution >= 4 is 28.2 Å². The lowest BCUT2D eigenvalue weighted by atomic mass is 10.0. The Morgan fingerprint density at radius 2 is 1.77 bits per heavy atom. The van der Waals surface area contributed by atoms with Gasteiger partial charge in [-0.1, -0.05) is 24.3 Å². The van der Waals surface area contributed by atoms with Crippen LogP contribution >= 0.6 is 0 Å². The lowest BCUT2D eigenvalue weighted by molar-refractivity contribution is -0.385. The van der Waals surface area contributed by atoms with Crippen molar-refractivity contribution in [3.63, 3.8) is 0 Å². The van der Waals surface area contributed by atoms with Crippen LogP contribution in [0.1, 0.15) is 15.9 Å². The van der Waals surface area contributed by atoms with Gasteiger partial charge in [-0.2, -0.15) is 0 Å². The summed E-state index contributed by atoms with van der Waals surface area (Å²) in [5, 5.41) is 14.7. The molecule has 0 spiro atoms. The maximum Gasteiger partial charge on any atom is 0.274 e. The number of ether oxygens (including phenoxy) is 1. The van der Waals surface area contributed by atoms with E-state index in [2.05, 4.69) is 10.3 Å². The Bertz CT molecular complexity index is 1300. The molecule has 0 aliphatic carbocycles. The van der Waals surface area contributed by atoms with Crippen molar-refractivity contribution in [2.24, 2.45) is 0 Å². The second-order valence-corrected chi connectivity index (χ2v) is 7.01. The van der Waals surface area contributed by atoms with Gasteiger partial charge >= 0.3 is 0 Å². The van der Waals surface area contributed by atoms with Crippen LogP contribution in [0, 0.1) is 17.0 Å². The average molecular weight is 413 g/mol. The third kappa shape index (κ3) is 4.06. The predicted molar refractivity (Wildman–Crippen MR) is 120 cm³/mol. The first kappa shape index (κ1) is 20.0. The second-order valence-electron chi connectivity index (χ2n) is 7.01. The molecular weight excluding hydrogens is 394 g/mol. The van der Waals surface area contributed by atoms with Crippen LogP contribution in [0.25, 0.3) is 22.2 Å². The molecule has 1 heterocycles. The van der Waals surface area contributed by atoms with E-state index in [0.717, 1.165) is 11.3 Å². The van der Waals surface area contributed by atoms with Crippen LogP contribution < -0.4 is 10.1 Å². The van der Waals surface area contributed by atoms with Gasteiger partial charge in [0.15, 0.2) is 0 Å². The maximum atomic E-state index is 13.1. The van der Waals surface area contributed by atoms with Gasteiger partial charge in [0.25, 0.3) is 11.6 Å². The van der Waals surface area contributed by atoms with Crippen molar-refractivity contribution in [1.29, 1.82) is 0 Å². The van der Waals surface area contributed by atoms with Crippen LogP contribution in [-0.2, 0) is 0 Å². The van der Waals surface area contributed by atoms with Gasteiger partial charge in [-0.25, -0.2) is 4.98 Å². The van der Waals surface area contributed by atoms with Gasteiger partial charge in [-0.3, -0.25) is 14.9 Å². The smallest absolute Gasteiger partial charge is 0.274 e. The lowest BCUT2D eigenvalue weighted by Gasteiger charge is -2.11.